The van der Waals surface area contributed by atoms with Crippen molar-refractivity contribution >= 4 is 17.8 Å². The van der Waals surface area contributed by atoms with Gasteiger partial charge in [-0.2, -0.15) is 0 Å². The van der Waals surface area contributed by atoms with E-state index in [-0.39, 0.29) is 26.1 Å². The Kier molecular flexibility index (Phi) is 6.81. The predicted octanol–water partition coefficient (Wildman–Crippen LogP) is -2.99. The third-order valence-corrected chi connectivity index (χ3v) is 1.66. The fourth-order valence-electron chi connectivity index (χ4n) is 0.785. The second kappa shape index (κ2) is 7.60. The molecule has 92 valence electrons. The average molecular weight is 233 g/mol. The normalized spacial score (nSPS) is 11.6. The standard InChI is InChI=1S/C8H15N3O5/c9-3-6(13)11-4-7(14)10-2-1-5(12)8(15)16/h5,12H,1-4,9H2,(H,10,14)(H,11,13)(H,15,16)/t5-/m0/s1. The van der Waals surface area contributed by atoms with Crippen LogP contribution in [-0.4, -0.2) is 53.7 Å². The van der Waals surface area contributed by atoms with E-state index in [1.807, 2.05) is 0 Å². The molecule has 0 unspecified atom stereocenters. The van der Waals surface area contributed by atoms with Gasteiger partial charge in [0.05, 0.1) is 13.1 Å². The van der Waals surface area contributed by atoms with Crippen molar-refractivity contribution in [1.82, 2.24) is 10.6 Å². The molecule has 0 fully saturated rings. The minimum Gasteiger partial charge on any atom is -0.479 e. The van der Waals surface area contributed by atoms with Gasteiger partial charge in [-0.3, -0.25) is 9.59 Å². The Bertz CT molecular complexity index is 268. The molecule has 0 aromatic carbocycles. The highest BCUT2D eigenvalue weighted by Gasteiger charge is 2.12. The lowest BCUT2D eigenvalue weighted by Gasteiger charge is -2.07. The lowest BCUT2D eigenvalue weighted by molar-refractivity contribution is -0.147. The lowest BCUT2D eigenvalue weighted by Crippen LogP contribution is -2.40. The number of carboxylic acids is 1. The molecule has 0 rings (SSSR count). The Labute approximate surface area is 91.8 Å². The number of rotatable bonds is 7. The van der Waals surface area contributed by atoms with Crippen LogP contribution in [0.2, 0.25) is 0 Å². The van der Waals surface area contributed by atoms with Crippen molar-refractivity contribution in [2.24, 2.45) is 5.73 Å². The van der Waals surface area contributed by atoms with Gasteiger partial charge in [0.2, 0.25) is 11.8 Å². The van der Waals surface area contributed by atoms with Crippen molar-refractivity contribution in [3.05, 3.63) is 0 Å². The molecule has 0 heterocycles. The Balaban J connectivity index is 3.58. The van der Waals surface area contributed by atoms with E-state index in [0.717, 1.165) is 0 Å². The van der Waals surface area contributed by atoms with Crippen molar-refractivity contribution in [3.8, 4) is 0 Å². The molecule has 0 radical (unpaired) electrons. The number of amides is 2. The summed E-state index contributed by atoms with van der Waals surface area (Å²) >= 11 is 0. The Morgan fingerprint density at radius 3 is 2.31 bits per heavy atom. The Hall–Kier alpha value is -1.67. The van der Waals surface area contributed by atoms with Gasteiger partial charge in [-0.25, -0.2) is 4.79 Å². The molecule has 0 spiro atoms. The maximum Gasteiger partial charge on any atom is 0.332 e. The second-order valence-corrected chi connectivity index (χ2v) is 2.97. The summed E-state index contributed by atoms with van der Waals surface area (Å²) in [4.78, 5) is 31.9. The fourth-order valence-corrected chi connectivity index (χ4v) is 0.785. The number of carboxylic acid groups (broad SMARTS) is 1. The molecular formula is C8H15N3O5. The molecule has 0 saturated heterocycles. The zero-order valence-corrected chi connectivity index (χ0v) is 8.60. The van der Waals surface area contributed by atoms with E-state index >= 15 is 0 Å². The molecule has 0 aliphatic rings. The van der Waals surface area contributed by atoms with Crippen molar-refractivity contribution in [2.45, 2.75) is 12.5 Å². The van der Waals surface area contributed by atoms with E-state index in [1.54, 1.807) is 0 Å². The van der Waals surface area contributed by atoms with E-state index in [2.05, 4.69) is 10.6 Å². The minimum atomic E-state index is -1.50. The largest absolute Gasteiger partial charge is 0.479 e. The van der Waals surface area contributed by atoms with Gasteiger partial charge >= 0.3 is 5.97 Å². The van der Waals surface area contributed by atoms with Gasteiger partial charge in [-0.05, 0) is 0 Å². The van der Waals surface area contributed by atoms with Gasteiger partial charge in [0.1, 0.15) is 0 Å². The van der Waals surface area contributed by atoms with Crippen LogP contribution in [0.4, 0.5) is 0 Å². The number of hydrogen-bond donors (Lipinski definition) is 5. The third-order valence-electron chi connectivity index (χ3n) is 1.66. The summed E-state index contributed by atoms with van der Waals surface area (Å²) in [7, 11) is 0. The summed E-state index contributed by atoms with van der Waals surface area (Å²) in [5.74, 6) is -2.27. The van der Waals surface area contributed by atoms with Crippen LogP contribution >= 0.6 is 0 Å². The second-order valence-electron chi connectivity index (χ2n) is 2.97. The van der Waals surface area contributed by atoms with Crippen LogP contribution in [0.15, 0.2) is 0 Å². The summed E-state index contributed by atoms with van der Waals surface area (Å²) in [6, 6.07) is 0. The van der Waals surface area contributed by atoms with Crippen LogP contribution in [0.25, 0.3) is 0 Å². The minimum absolute atomic E-state index is 0.0186. The quantitative estimate of drug-likeness (QED) is 0.317. The van der Waals surface area contributed by atoms with Crippen molar-refractivity contribution in [1.29, 1.82) is 0 Å². The first kappa shape index (κ1) is 14.3. The van der Waals surface area contributed by atoms with Crippen LogP contribution in [-0.2, 0) is 14.4 Å². The number of carbonyl (C=O) groups excluding carboxylic acids is 2. The SMILES string of the molecule is NCC(=O)NCC(=O)NCC[C@H](O)C(=O)O. The highest BCUT2D eigenvalue weighted by molar-refractivity contribution is 5.85. The first-order chi connectivity index (χ1) is 7.47. The summed E-state index contributed by atoms with van der Waals surface area (Å²) in [6.07, 6.45) is -1.59. The van der Waals surface area contributed by atoms with Gasteiger partial charge < -0.3 is 26.6 Å². The van der Waals surface area contributed by atoms with Crippen molar-refractivity contribution < 1.29 is 24.6 Å². The van der Waals surface area contributed by atoms with Gasteiger partial charge in [-0.15, -0.1) is 0 Å². The highest BCUT2D eigenvalue weighted by Crippen LogP contribution is 1.88. The predicted molar refractivity (Wildman–Crippen MR) is 53.3 cm³/mol. The monoisotopic (exact) mass is 233 g/mol. The number of nitrogens with one attached hydrogen (secondary N) is 2. The number of hydrogen-bond acceptors (Lipinski definition) is 5. The molecular weight excluding hydrogens is 218 g/mol. The van der Waals surface area contributed by atoms with Crippen LogP contribution < -0.4 is 16.4 Å². The Morgan fingerprint density at radius 1 is 1.19 bits per heavy atom. The summed E-state index contributed by atoms with van der Waals surface area (Å²) in [6.45, 7) is -0.408. The van der Waals surface area contributed by atoms with Gasteiger partial charge in [-0.1, -0.05) is 0 Å². The van der Waals surface area contributed by atoms with Crippen LogP contribution in [0.1, 0.15) is 6.42 Å². The molecule has 0 aromatic rings. The highest BCUT2D eigenvalue weighted by atomic mass is 16.4. The van der Waals surface area contributed by atoms with E-state index in [1.165, 1.54) is 0 Å². The van der Waals surface area contributed by atoms with Gasteiger partial charge in [0.25, 0.3) is 0 Å². The average Bonchev–Trinajstić information content (AvgIpc) is 2.25. The molecule has 0 aromatic heterocycles. The van der Waals surface area contributed by atoms with Crippen molar-refractivity contribution in [3.63, 3.8) is 0 Å². The molecule has 16 heavy (non-hydrogen) atoms. The van der Waals surface area contributed by atoms with Gasteiger partial charge in [0, 0.05) is 13.0 Å². The first-order valence-corrected chi connectivity index (χ1v) is 4.61. The van der Waals surface area contributed by atoms with E-state index < -0.39 is 23.9 Å². The third kappa shape index (κ3) is 6.74. The lowest BCUT2D eigenvalue weighted by atomic mass is 10.2. The molecule has 0 aliphatic heterocycles. The molecule has 6 N–H and O–H groups in total. The van der Waals surface area contributed by atoms with E-state index in [0.29, 0.717) is 0 Å². The molecule has 1 atom stereocenters. The molecule has 8 nitrogen and oxygen atoms in total. The topological polar surface area (TPSA) is 142 Å². The van der Waals surface area contributed by atoms with E-state index in [4.69, 9.17) is 15.9 Å². The van der Waals surface area contributed by atoms with Crippen LogP contribution in [0.5, 0.6) is 0 Å². The zero-order chi connectivity index (χ0) is 12.6. The van der Waals surface area contributed by atoms with Crippen LogP contribution in [0.3, 0.4) is 0 Å². The maximum absolute atomic E-state index is 11.0. The smallest absolute Gasteiger partial charge is 0.332 e. The number of aliphatic hydroxyl groups excluding tert-OH is 1. The number of carbonyl (C=O) groups is 3. The summed E-state index contributed by atoms with van der Waals surface area (Å²) in [5.41, 5.74) is 4.99. The molecule has 0 aliphatic carbocycles. The fraction of sp³-hybridized carbons (Fsp3) is 0.625. The summed E-state index contributed by atoms with van der Waals surface area (Å²) in [5, 5.41) is 21.7. The van der Waals surface area contributed by atoms with Gasteiger partial charge in [0.15, 0.2) is 6.10 Å². The van der Waals surface area contributed by atoms with E-state index in [9.17, 15) is 14.4 Å². The molecule has 2 amide bonds. The first-order valence-electron chi connectivity index (χ1n) is 4.61. The molecule has 0 bridgehead atoms. The zero-order valence-electron chi connectivity index (χ0n) is 8.60. The number of aliphatic hydroxyl groups is 1. The maximum atomic E-state index is 11.0. The number of aliphatic carboxylic acids is 1. The number of nitrogens with two attached hydrogens (primary N) is 1. The molecule has 8 heteroatoms. The summed E-state index contributed by atoms with van der Waals surface area (Å²) < 4.78 is 0. The van der Waals surface area contributed by atoms with Crippen molar-refractivity contribution in [2.75, 3.05) is 19.6 Å². The Morgan fingerprint density at radius 2 is 1.81 bits per heavy atom. The van der Waals surface area contributed by atoms with Crippen LogP contribution in [0, 0.1) is 0 Å². The molecule has 0 saturated carbocycles.